The maximum atomic E-state index is 14.0. The highest BCUT2D eigenvalue weighted by atomic mass is 32.2. The van der Waals surface area contributed by atoms with Crippen molar-refractivity contribution in [1.29, 1.82) is 0 Å². The zero-order chi connectivity index (χ0) is 20.8. The van der Waals surface area contributed by atoms with Gasteiger partial charge in [0.15, 0.2) is 17.5 Å². The van der Waals surface area contributed by atoms with Crippen LogP contribution in [0.5, 0.6) is 0 Å². The van der Waals surface area contributed by atoms with Gasteiger partial charge in [-0.1, -0.05) is 0 Å². The summed E-state index contributed by atoms with van der Waals surface area (Å²) in [6.07, 6.45) is -0.927. The molecule has 0 radical (unpaired) electrons. The normalized spacial score (nSPS) is 15.4. The number of nitrogens with zero attached hydrogens (tertiary/aromatic N) is 1. The van der Waals surface area contributed by atoms with Gasteiger partial charge in [-0.25, -0.2) is 30.4 Å². The molecule has 2 aromatic rings. The Kier molecular flexibility index (Phi) is 5.12. The predicted octanol–water partition coefficient (Wildman–Crippen LogP) is 2.00. The van der Waals surface area contributed by atoms with Gasteiger partial charge in [-0.15, -0.1) is 0 Å². The fraction of sp³-hybridized carbons (Fsp3) is 0.188. The van der Waals surface area contributed by atoms with Gasteiger partial charge in [0, 0.05) is 37.0 Å². The number of aliphatic hydroxyl groups excluding tert-OH is 1. The summed E-state index contributed by atoms with van der Waals surface area (Å²) in [7, 11) is -4.45. The maximum absolute atomic E-state index is 14.0. The van der Waals surface area contributed by atoms with Crippen molar-refractivity contribution in [2.75, 3.05) is 18.4 Å². The van der Waals surface area contributed by atoms with Crippen LogP contribution in [0.4, 0.5) is 27.6 Å². The van der Waals surface area contributed by atoms with Crippen molar-refractivity contribution in [3.63, 3.8) is 0 Å². The van der Waals surface area contributed by atoms with Crippen LogP contribution in [0, 0.1) is 29.1 Å². The molecule has 1 saturated heterocycles. The fourth-order valence-electron chi connectivity index (χ4n) is 2.48. The molecule has 12 heteroatoms. The average molecular weight is 422 g/mol. The minimum atomic E-state index is -4.45. The van der Waals surface area contributed by atoms with Gasteiger partial charge >= 0.3 is 0 Å². The van der Waals surface area contributed by atoms with Gasteiger partial charge in [0.1, 0.15) is 16.5 Å². The number of sulfonamides is 1. The highest BCUT2D eigenvalue weighted by Crippen LogP contribution is 2.27. The SMILES string of the molecule is O=C(Nc1cc(F)c(F)c(F)c1)c1cc(S(=O)(=O)N2CC(O)C2)c(F)cc1F. The third-order valence-electron chi connectivity index (χ3n) is 3.95. The van der Waals surface area contributed by atoms with Crippen LogP contribution in [0.25, 0.3) is 0 Å². The maximum Gasteiger partial charge on any atom is 0.258 e. The monoisotopic (exact) mass is 422 g/mol. The molecular formula is C16H11F5N2O4S. The van der Waals surface area contributed by atoms with Crippen LogP contribution in [0.1, 0.15) is 10.4 Å². The Bertz CT molecular complexity index is 1050. The van der Waals surface area contributed by atoms with Crippen LogP contribution >= 0.6 is 0 Å². The van der Waals surface area contributed by atoms with E-state index >= 15 is 0 Å². The molecule has 0 unspecified atom stereocenters. The lowest BCUT2D eigenvalue weighted by Crippen LogP contribution is -2.53. The molecule has 1 fully saturated rings. The number of benzene rings is 2. The quantitative estimate of drug-likeness (QED) is 0.583. The van der Waals surface area contributed by atoms with Crippen molar-refractivity contribution in [3.8, 4) is 0 Å². The number of carbonyl (C=O) groups is 1. The second-order valence-electron chi connectivity index (χ2n) is 5.95. The molecule has 0 aliphatic carbocycles. The molecule has 0 aromatic heterocycles. The second kappa shape index (κ2) is 7.11. The number of β-amino-alcohol motifs (C(OH)–C–C–N with tert-alkyl or cyclic N) is 1. The third kappa shape index (κ3) is 3.57. The summed E-state index contributed by atoms with van der Waals surface area (Å²) in [6.45, 7) is -0.594. The highest BCUT2D eigenvalue weighted by molar-refractivity contribution is 7.89. The lowest BCUT2D eigenvalue weighted by Gasteiger charge is -2.34. The fourth-order valence-corrected chi connectivity index (χ4v) is 4.07. The van der Waals surface area contributed by atoms with Gasteiger partial charge in [0.25, 0.3) is 5.91 Å². The van der Waals surface area contributed by atoms with Crippen LogP contribution in [0.15, 0.2) is 29.2 Å². The molecule has 2 aromatic carbocycles. The Morgan fingerprint density at radius 1 is 0.964 bits per heavy atom. The summed E-state index contributed by atoms with van der Waals surface area (Å²) in [6, 6.07) is 1.45. The smallest absolute Gasteiger partial charge is 0.258 e. The van der Waals surface area contributed by atoms with E-state index in [-0.39, 0.29) is 19.2 Å². The number of carbonyl (C=O) groups excluding carboxylic acids is 1. The van der Waals surface area contributed by atoms with E-state index in [4.69, 9.17) is 0 Å². The molecule has 2 N–H and O–H groups in total. The summed E-state index contributed by atoms with van der Waals surface area (Å²) in [5.41, 5.74) is -1.49. The summed E-state index contributed by atoms with van der Waals surface area (Å²) < 4.78 is 92.8. The number of hydrogen-bond acceptors (Lipinski definition) is 4. The number of nitrogens with one attached hydrogen (secondary N) is 1. The van der Waals surface area contributed by atoms with Crippen LogP contribution in [0.3, 0.4) is 0 Å². The molecule has 1 amide bonds. The molecule has 0 atom stereocenters. The minimum absolute atomic E-state index is 0.170. The first-order chi connectivity index (χ1) is 13.0. The summed E-state index contributed by atoms with van der Waals surface area (Å²) in [5.74, 6) is -9.25. The van der Waals surface area contributed by atoms with Crippen LogP contribution in [-0.2, 0) is 10.0 Å². The average Bonchev–Trinajstić information content (AvgIpc) is 2.56. The molecule has 3 rings (SSSR count). The Morgan fingerprint density at radius 3 is 2.07 bits per heavy atom. The van der Waals surface area contributed by atoms with Crippen molar-refractivity contribution in [2.24, 2.45) is 0 Å². The first kappa shape index (κ1) is 20.2. The van der Waals surface area contributed by atoms with Gasteiger partial charge in [0.2, 0.25) is 10.0 Å². The number of anilines is 1. The van der Waals surface area contributed by atoms with Crippen LogP contribution in [0.2, 0.25) is 0 Å². The van der Waals surface area contributed by atoms with Crippen LogP contribution < -0.4 is 5.32 Å². The Morgan fingerprint density at radius 2 is 1.54 bits per heavy atom. The number of hydrogen-bond donors (Lipinski definition) is 2. The molecule has 0 spiro atoms. The minimum Gasteiger partial charge on any atom is -0.390 e. The van der Waals surface area contributed by atoms with E-state index in [1.807, 2.05) is 5.32 Å². The number of halogens is 5. The van der Waals surface area contributed by atoms with Crippen molar-refractivity contribution < 1.29 is 40.3 Å². The van der Waals surface area contributed by atoms with Gasteiger partial charge in [-0.3, -0.25) is 4.79 Å². The largest absolute Gasteiger partial charge is 0.390 e. The van der Waals surface area contributed by atoms with Crippen molar-refractivity contribution in [2.45, 2.75) is 11.0 Å². The Hall–Kier alpha value is -2.57. The first-order valence-corrected chi connectivity index (χ1v) is 9.08. The standard InChI is InChI=1S/C16H11F5N2O4S/c17-10-4-11(18)14(28(26,27)23-5-8(24)6-23)3-9(10)16(25)22-7-1-12(19)15(21)13(20)2-7/h1-4,8,24H,5-6H2,(H,22,25). The molecule has 1 aliphatic rings. The van der Waals surface area contributed by atoms with E-state index in [1.54, 1.807) is 0 Å². The van der Waals surface area contributed by atoms with E-state index in [1.165, 1.54) is 0 Å². The van der Waals surface area contributed by atoms with Gasteiger partial charge < -0.3 is 10.4 Å². The lowest BCUT2D eigenvalue weighted by atomic mass is 10.2. The summed E-state index contributed by atoms with van der Waals surface area (Å²) in [4.78, 5) is 11.2. The highest BCUT2D eigenvalue weighted by Gasteiger charge is 2.38. The molecule has 1 aliphatic heterocycles. The zero-order valence-corrected chi connectivity index (χ0v) is 14.5. The zero-order valence-electron chi connectivity index (χ0n) is 13.7. The molecule has 0 saturated carbocycles. The first-order valence-electron chi connectivity index (χ1n) is 7.64. The molecule has 28 heavy (non-hydrogen) atoms. The summed E-state index contributed by atoms with van der Waals surface area (Å²) in [5, 5.41) is 11.1. The van der Waals surface area contributed by atoms with E-state index < -0.39 is 67.3 Å². The van der Waals surface area contributed by atoms with Gasteiger partial charge in [-0.05, 0) is 6.07 Å². The molecule has 1 heterocycles. The van der Waals surface area contributed by atoms with E-state index in [0.29, 0.717) is 18.2 Å². The third-order valence-corrected chi connectivity index (χ3v) is 5.80. The topological polar surface area (TPSA) is 86.7 Å². The van der Waals surface area contributed by atoms with Gasteiger partial charge in [-0.2, -0.15) is 4.31 Å². The molecule has 0 bridgehead atoms. The van der Waals surface area contributed by atoms with E-state index in [0.717, 1.165) is 4.31 Å². The number of rotatable bonds is 4. The number of aliphatic hydroxyl groups is 1. The second-order valence-corrected chi connectivity index (χ2v) is 7.85. The summed E-state index contributed by atoms with van der Waals surface area (Å²) >= 11 is 0. The van der Waals surface area contributed by atoms with Crippen molar-refractivity contribution in [1.82, 2.24) is 4.31 Å². The lowest BCUT2D eigenvalue weighted by molar-refractivity contribution is 0.0546. The molecular weight excluding hydrogens is 411 g/mol. The van der Waals surface area contributed by atoms with Gasteiger partial charge in [0.05, 0.1) is 11.7 Å². The van der Waals surface area contributed by atoms with E-state index in [2.05, 4.69) is 0 Å². The van der Waals surface area contributed by atoms with Crippen LogP contribution in [-0.4, -0.2) is 42.9 Å². The Labute approximate surface area is 155 Å². The van der Waals surface area contributed by atoms with Crippen molar-refractivity contribution in [3.05, 3.63) is 58.9 Å². The van der Waals surface area contributed by atoms with Crippen molar-refractivity contribution >= 4 is 21.6 Å². The molecule has 150 valence electrons. The molecule has 6 nitrogen and oxygen atoms in total. The Balaban J connectivity index is 1.95. The predicted molar refractivity (Wildman–Crippen MR) is 85.4 cm³/mol. The number of amides is 1. The van der Waals surface area contributed by atoms with E-state index in [9.17, 15) is 40.3 Å².